The largest absolute Gasteiger partial charge is 0.458 e. The maximum absolute atomic E-state index is 7.96. The molecule has 0 fully saturated rings. The SMILES string of the molecule is c1ccc(-c2ccccc2-c2cc3c(c(-c4ccccc4-c4ccccc4)c2)Oc2cc(-c4ccccc4-c4ccccc4)cc4c2B3c2cc(-n3c5ccccc5c5ccccc53)cc3c5cc(-n6c7ccccc7c7ccccc76)ccc5n-4c23)cc1. The van der Waals surface area contributed by atoms with Gasteiger partial charge in [0.2, 0.25) is 0 Å². The van der Waals surface area contributed by atoms with Crippen LogP contribution in [0.4, 0.5) is 0 Å². The van der Waals surface area contributed by atoms with E-state index in [4.69, 9.17) is 4.74 Å². The van der Waals surface area contributed by atoms with E-state index in [2.05, 4.69) is 329 Å². The maximum Gasteiger partial charge on any atom is 0.256 e. The molecule has 89 heavy (non-hydrogen) atoms. The zero-order valence-electron chi connectivity index (χ0n) is 48.3. The first-order chi connectivity index (χ1) is 44.2. The normalized spacial score (nSPS) is 12.3. The topological polar surface area (TPSA) is 24.0 Å². The van der Waals surface area contributed by atoms with Crippen LogP contribution in [0.25, 0.3) is 149 Å². The molecule has 4 nitrogen and oxygen atoms in total. The van der Waals surface area contributed by atoms with Crippen LogP contribution in [0.1, 0.15) is 0 Å². The van der Waals surface area contributed by atoms with E-state index in [0.717, 1.165) is 101 Å². The Labute approximate surface area is 514 Å². The Morgan fingerprint density at radius 2 is 0.652 bits per heavy atom. The second-order valence-corrected chi connectivity index (χ2v) is 23.8. The highest BCUT2D eigenvalue weighted by Gasteiger charge is 2.43. The highest BCUT2D eigenvalue weighted by atomic mass is 16.5. The Balaban J connectivity index is 0.976. The van der Waals surface area contributed by atoms with Crippen molar-refractivity contribution in [2.45, 2.75) is 0 Å². The van der Waals surface area contributed by atoms with Gasteiger partial charge < -0.3 is 18.4 Å². The molecule has 0 spiro atoms. The van der Waals surface area contributed by atoms with E-state index in [0.29, 0.717) is 0 Å². The number of hydrogen-bond acceptors (Lipinski definition) is 1. The third-order valence-corrected chi connectivity index (χ3v) is 19.1. The Kier molecular flexibility index (Phi) is 10.8. The first kappa shape index (κ1) is 49.6. The summed E-state index contributed by atoms with van der Waals surface area (Å²) in [5, 5.41) is 7.29. The molecule has 0 aliphatic carbocycles. The maximum atomic E-state index is 7.96. The van der Waals surface area contributed by atoms with E-state index in [9.17, 15) is 0 Å². The van der Waals surface area contributed by atoms with Crippen molar-refractivity contribution in [3.8, 4) is 95.3 Å². The van der Waals surface area contributed by atoms with Gasteiger partial charge in [-0.1, -0.05) is 243 Å². The monoisotopic (exact) mass is 1130 g/mol. The molecule has 17 aromatic rings. The van der Waals surface area contributed by atoms with Crippen molar-refractivity contribution in [2.75, 3.05) is 0 Å². The van der Waals surface area contributed by atoms with E-state index >= 15 is 0 Å². The third-order valence-electron chi connectivity index (χ3n) is 19.1. The summed E-state index contributed by atoms with van der Waals surface area (Å²) >= 11 is 0. The van der Waals surface area contributed by atoms with E-state index in [1.54, 1.807) is 0 Å². The Morgan fingerprint density at radius 1 is 0.247 bits per heavy atom. The molecule has 0 N–H and O–H groups in total. The molecule has 412 valence electrons. The second-order valence-electron chi connectivity index (χ2n) is 23.8. The quantitative estimate of drug-likeness (QED) is 0.139. The minimum atomic E-state index is -0.280. The molecule has 5 heterocycles. The van der Waals surface area contributed by atoms with Crippen molar-refractivity contribution in [1.29, 1.82) is 0 Å². The minimum absolute atomic E-state index is 0.280. The fourth-order valence-electron chi connectivity index (χ4n) is 15.3. The molecule has 2 aliphatic rings. The van der Waals surface area contributed by atoms with Gasteiger partial charge in [0.15, 0.2) is 0 Å². The molecule has 2 aliphatic heterocycles. The molecular formula is C84H52BN3O. The van der Waals surface area contributed by atoms with E-state index in [1.165, 1.54) is 76.5 Å². The van der Waals surface area contributed by atoms with Crippen LogP contribution in [-0.2, 0) is 0 Å². The van der Waals surface area contributed by atoms with Crippen LogP contribution < -0.4 is 21.1 Å². The molecule has 19 rings (SSSR count). The second kappa shape index (κ2) is 19.4. The highest BCUT2D eigenvalue weighted by Crippen LogP contribution is 2.48. The summed E-state index contributed by atoms with van der Waals surface area (Å²) in [4.78, 5) is 0. The minimum Gasteiger partial charge on any atom is -0.458 e. The van der Waals surface area contributed by atoms with Gasteiger partial charge in [-0.05, 0) is 150 Å². The van der Waals surface area contributed by atoms with E-state index in [1.807, 2.05) is 0 Å². The Hall–Kier alpha value is -11.7. The number of para-hydroxylation sites is 4. The van der Waals surface area contributed by atoms with Gasteiger partial charge >= 0.3 is 0 Å². The van der Waals surface area contributed by atoms with Gasteiger partial charge in [0.1, 0.15) is 11.5 Å². The molecule has 0 unspecified atom stereocenters. The molecular weight excluding hydrogens is 1080 g/mol. The van der Waals surface area contributed by atoms with Crippen molar-refractivity contribution in [3.63, 3.8) is 0 Å². The number of hydrogen-bond donors (Lipinski definition) is 0. The van der Waals surface area contributed by atoms with E-state index < -0.39 is 0 Å². The first-order valence-corrected chi connectivity index (χ1v) is 30.8. The van der Waals surface area contributed by atoms with Gasteiger partial charge in [-0.25, -0.2) is 0 Å². The standard InChI is InChI=1S/C84H52BN3O/c1-4-24-53(25-5-1)60-30-10-12-33-63(60)56-46-72(65-35-15-14-32-62(65)55-28-8-3-9-29-55)84-74(47-56)85-73-52-59(87-77-42-22-18-38-68(77)69-39-19-23-43-78(69)87)51-71-70-50-58(86-75-40-20-16-36-66(75)67-37-17-21-41-76(67)86)44-45-79(70)88(83(71)73)80-48-57(49-81(89-84)82(80)85)64-34-13-11-31-61(64)54-26-6-2-7-27-54/h1-52H. The Bertz CT molecular complexity index is 5670. The van der Waals surface area contributed by atoms with Crippen LogP contribution in [0.2, 0.25) is 0 Å². The summed E-state index contributed by atoms with van der Waals surface area (Å²) in [5.41, 5.74) is 27.5. The molecule has 3 aromatic heterocycles. The smallest absolute Gasteiger partial charge is 0.256 e. The summed E-state index contributed by atoms with van der Waals surface area (Å²) in [7, 11) is 0. The average Bonchev–Trinajstić information content (AvgIpc) is 1.64. The first-order valence-electron chi connectivity index (χ1n) is 30.8. The number of nitrogens with zero attached hydrogens (tertiary/aromatic N) is 3. The van der Waals surface area contributed by atoms with Crippen molar-refractivity contribution in [3.05, 3.63) is 315 Å². The predicted molar refractivity (Wildman–Crippen MR) is 373 cm³/mol. The molecule has 14 aromatic carbocycles. The lowest BCUT2D eigenvalue weighted by atomic mass is 9.34. The van der Waals surface area contributed by atoms with Gasteiger partial charge in [-0.15, -0.1) is 0 Å². The summed E-state index contributed by atoms with van der Waals surface area (Å²) in [6, 6.07) is 116. The summed E-state index contributed by atoms with van der Waals surface area (Å²) in [6.45, 7) is -0.280. The van der Waals surface area contributed by atoms with Crippen LogP contribution >= 0.6 is 0 Å². The highest BCUT2D eigenvalue weighted by molar-refractivity contribution is 6.99. The lowest BCUT2D eigenvalue weighted by molar-refractivity contribution is 0.489. The van der Waals surface area contributed by atoms with Crippen molar-refractivity contribution >= 4 is 88.5 Å². The Morgan fingerprint density at radius 3 is 1.17 bits per heavy atom. The zero-order valence-corrected chi connectivity index (χ0v) is 48.3. The number of rotatable bonds is 8. The zero-order chi connectivity index (χ0) is 58.3. The molecule has 0 amide bonds. The van der Waals surface area contributed by atoms with Crippen LogP contribution in [0.3, 0.4) is 0 Å². The van der Waals surface area contributed by atoms with Crippen LogP contribution in [-0.4, -0.2) is 20.4 Å². The average molecular weight is 1130 g/mol. The predicted octanol–water partition coefficient (Wildman–Crippen LogP) is 19.9. The molecule has 0 atom stereocenters. The van der Waals surface area contributed by atoms with Crippen molar-refractivity contribution in [2.24, 2.45) is 0 Å². The van der Waals surface area contributed by atoms with Crippen molar-refractivity contribution in [1.82, 2.24) is 13.7 Å². The summed E-state index contributed by atoms with van der Waals surface area (Å²) in [6.07, 6.45) is 0. The number of ether oxygens (including phenoxy) is 1. The van der Waals surface area contributed by atoms with Crippen LogP contribution in [0.15, 0.2) is 315 Å². The molecule has 5 heteroatoms. The lowest BCUT2D eigenvalue weighted by Crippen LogP contribution is -2.58. The number of benzene rings is 14. The van der Waals surface area contributed by atoms with E-state index in [-0.39, 0.29) is 6.71 Å². The van der Waals surface area contributed by atoms with Gasteiger partial charge in [-0.2, -0.15) is 0 Å². The summed E-state index contributed by atoms with van der Waals surface area (Å²) in [5.74, 6) is 1.71. The van der Waals surface area contributed by atoms with Crippen LogP contribution in [0.5, 0.6) is 11.5 Å². The van der Waals surface area contributed by atoms with Gasteiger partial charge in [-0.3, -0.25) is 0 Å². The van der Waals surface area contributed by atoms with Crippen LogP contribution in [0, 0.1) is 0 Å². The third kappa shape index (κ3) is 7.43. The lowest BCUT2D eigenvalue weighted by Gasteiger charge is -2.35. The fourth-order valence-corrected chi connectivity index (χ4v) is 15.3. The molecule has 0 bridgehead atoms. The molecule has 0 radical (unpaired) electrons. The fraction of sp³-hybridized carbons (Fsp3) is 0. The molecule has 0 saturated carbocycles. The summed E-state index contributed by atoms with van der Waals surface area (Å²) < 4.78 is 15.5. The molecule has 0 saturated heterocycles. The van der Waals surface area contributed by atoms with Gasteiger partial charge in [0, 0.05) is 60.5 Å². The number of fused-ring (bicyclic) bond motifs is 13. The van der Waals surface area contributed by atoms with Gasteiger partial charge in [0.05, 0.1) is 27.6 Å². The van der Waals surface area contributed by atoms with Crippen molar-refractivity contribution < 1.29 is 4.74 Å². The number of aromatic nitrogens is 3. The van der Waals surface area contributed by atoms with Gasteiger partial charge in [0.25, 0.3) is 6.71 Å².